The van der Waals surface area contributed by atoms with E-state index >= 15 is 0 Å². The van der Waals surface area contributed by atoms with Gasteiger partial charge in [-0.25, -0.2) is 0 Å². The van der Waals surface area contributed by atoms with Crippen LogP contribution in [0.5, 0.6) is 0 Å². The van der Waals surface area contributed by atoms with Crippen molar-refractivity contribution < 1.29 is 0 Å². The molecule has 0 heteroatoms. The van der Waals surface area contributed by atoms with Gasteiger partial charge < -0.3 is 0 Å². The van der Waals surface area contributed by atoms with Crippen LogP contribution in [0.2, 0.25) is 0 Å². The van der Waals surface area contributed by atoms with Crippen molar-refractivity contribution in [2.75, 3.05) is 0 Å². The first-order valence-corrected chi connectivity index (χ1v) is 11.0. The molecule has 0 fully saturated rings. The summed E-state index contributed by atoms with van der Waals surface area (Å²) in [4.78, 5) is 0. The molecule has 0 amide bonds. The lowest BCUT2D eigenvalue weighted by atomic mass is 9.80. The van der Waals surface area contributed by atoms with Crippen molar-refractivity contribution in [1.29, 1.82) is 0 Å². The minimum atomic E-state index is 0.535. The fourth-order valence-corrected chi connectivity index (χ4v) is 3.11. The van der Waals surface area contributed by atoms with Gasteiger partial charge in [-0.1, -0.05) is 114 Å². The van der Waals surface area contributed by atoms with Crippen molar-refractivity contribution in [3.8, 4) is 0 Å². The number of rotatable bonds is 6. The van der Waals surface area contributed by atoms with Gasteiger partial charge in [-0.05, 0) is 61.3 Å². The summed E-state index contributed by atoms with van der Waals surface area (Å²) in [6.45, 7) is 19.1. The summed E-state index contributed by atoms with van der Waals surface area (Å²) in [7, 11) is 0. The Labute approximate surface area is 175 Å². The minimum absolute atomic E-state index is 0.535. The summed E-state index contributed by atoms with van der Waals surface area (Å²) < 4.78 is 0. The number of hydrogen-bond donors (Lipinski definition) is 0. The van der Waals surface area contributed by atoms with Crippen LogP contribution in [0.15, 0.2) is 72.4 Å². The summed E-state index contributed by atoms with van der Waals surface area (Å²) >= 11 is 0. The fraction of sp³-hybridized carbons (Fsp3) is 0.429. The highest BCUT2D eigenvalue weighted by Crippen LogP contribution is 2.37. The van der Waals surface area contributed by atoms with Gasteiger partial charge in [-0.2, -0.15) is 0 Å². The molecule has 1 aromatic carbocycles. The quantitative estimate of drug-likeness (QED) is 0.432. The highest BCUT2D eigenvalue weighted by atomic mass is 14.2. The van der Waals surface area contributed by atoms with Gasteiger partial charge in [-0.15, -0.1) is 0 Å². The second-order valence-electron chi connectivity index (χ2n) is 6.87. The van der Waals surface area contributed by atoms with Gasteiger partial charge in [0.1, 0.15) is 0 Å². The Bertz CT molecular complexity index is 680. The molecule has 28 heavy (non-hydrogen) atoms. The maximum Gasteiger partial charge on any atom is -0.00866 e. The van der Waals surface area contributed by atoms with E-state index < -0.39 is 0 Å². The third-order valence-electron chi connectivity index (χ3n) is 4.35. The van der Waals surface area contributed by atoms with Crippen molar-refractivity contribution in [3.63, 3.8) is 0 Å². The van der Waals surface area contributed by atoms with Crippen molar-refractivity contribution in [2.24, 2.45) is 5.92 Å². The third kappa shape index (κ3) is 8.74. The molecule has 1 aromatic rings. The zero-order valence-electron chi connectivity index (χ0n) is 19.4. The lowest BCUT2D eigenvalue weighted by Gasteiger charge is -2.25. The lowest BCUT2D eigenvalue weighted by Crippen LogP contribution is -2.09. The average molecular weight is 379 g/mol. The second-order valence-corrected chi connectivity index (χ2v) is 6.87. The van der Waals surface area contributed by atoms with Crippen LogP contribution in [0.25, 0.3) is 11.6 Å². The molecule has 154 valence electrons. The molecular weight excluding hydrogens is 336 g/mol. The smallest absolute Gasteiger partial charge is 0.00866 e. The predicted octanol–water partition coefficient (Wildman–Crippen LogP) is 9.42. The van der Waals surface area contributed by atoms with Gasteiger partial charge in [-0.3, -0.25) is 0 Å². The lowest BCUT2D eigenvalue weighted by molar-refractivity contribution is 0.640. The van der Waals surface area contributed by atoms with E-state index in [0.717, 1.165) is 19.3 Å². The first-order chi connectivity index (χ1) is 13.6. The number of hydrogen-bond acceptors (Lipinski definition) is 0. The SMILES string of the molecule is C=C(C1=CC(C)=CCC1CC=CCC)c1ccccc1/C=C\C.CC.CCC. The first-order valence-electron chi connectivity index (χ1n) is 11.0. The number of allylic oxidation sites excluding steroid dienone is 8. The van der Waals surface area contributed by atoms with Gasteiger partial charge >= 0.3 is 0 Å². The van der Waals surface area contributed by atoms with E-state index in [0.29, 0.717) is 5.92 Å². The largest absolute Gasteiger partial charge is 0.0908 e. The second kappa shape index (κ2) is 15.9. The molecule has 0 saturated heterocycles. The molecule has 1 unspecified atom stereocenters. The Kier molecular flexibility index (Phi) is 14.7. The van der Waals surface area contributed by atoms with Crippen molar-refractivity contribution in [3.05, 3.63) is 83.5 Å². The highest BCUT2D eigenvalue weighted by molar-refractivity contribution is 5.83. The monoisotopic (exact) mass is 378 g/mol. The Morgan fingerprint density at radius 1 is 1.11 bits per heavy atom. The topological polar surface area (TPSA) is 0 Å². The Morgan fingerprint density at radius 2 is 1.75 bits per heavy atom. The highest BCUT2D eigenvalue weighted by Gasteiger charge is 2.20. The van der Waals surface area contributed by atoms with Crippen LogP contribution in [0.1, 0.15) is 85.3 Å². The van der Waals surface area contributed by atoms with E-state index in [1.807, 2.05) is 13.8 Å². The molecule has 0 aliphatic heterocycles. The minimum Gasteiger partial charge on any atom is -0.0908 e. The van der Waals surface area contributed by atoms with Crippen LogP contribution >= 0.6 is 0 Å². The Morgan fingerprint density at radius 3 is 2.36 bits per heavy atom. The van der Waals surface area contributed by atoms with E-state index in [-0.39, 0.29) is 0 Å². The molecule has 2 rings (SSSR count). The molecule has 0 nitrogen and oxygen atoms in total. The van der Waals surface area contributed by atoms with Crippen molar-refractivity contribution in [2.45, 2.75) is 74.1 Å². The van der Waals surface area contributed by atoms with Crippen LogP contribution < -0.4 is 0 Å². The number of benzene rings is 1. The predicted molar refractivity (Wildman–Crippen MR) is 131 cm³/mol. The van der Waals surface area contributed by atoms with Gasteiger partial charge in [0.25, 0.3) is 0 Å². The van der Waals surface area contributed by atoms with E-state index in [1.54, 1.807) is 0 Å². The molecule has 0 N–H and O–H groups in total. The van der Waals surface area contributed by atoms with E-state index in [9.17, 15) is 0 Å². The van der Waals surface area contributed by atoms with Gasteiger partial charge in [0.15, 0.2) is 0 Å². The van der Waals surface area contributed by atoms with Crippen LogP contribution in [-0.4, -0.2) is 0 Å². The van der Waals surface area contributed by atoms with Gasteiger partial charge in [0, 0.05) is 0 Å². The third-order valence-corrected chi connectivity index (χ3v) is 4.35. The molecule has 1 aliphatic rings. The maximum atomic E-state index is 4.45. The zero-order valence-corrected chi connectivity index (χ0v) is 19.4. The van der Waals surface area contributed by atoms with Crippen molar-refractivity contribution >= 4 is 11.6 Å². The Balaban J connectivity index is 0.00000133. The summed E-state index contributed by atoms with van der Waals surface area (Å²) in [5.41, 5.74) is 6.40. The summed E-state index contributed by atoms with van der Waals surface area (Å²) in [6.07, 6.45) is 18.1. The molecule has 0 aromatic heterocycles. The van der Waals surface area contributed by atoms with E-state index in [2.05, 4.69) is 102 Å². The van der Waals surface area contributed by atoms with Crippen LogP contribution in [0.3, 0.4) is 0 Å². The molecule has 0 bridgehead atoms. The van der Waals surface area contributed by atoms with Crippen LogP contribution in [0, 0.1) is 5.92 Å². The van der Waals surface area contributed by atoms with E-state index in [1.165, 1.54) is 34.3 Å². The zero-order chi connectivity index (χ0) is 21.4. The maximum absolute atomic E-state index is 4.45. The van der Waals surface area contributed by atoms with Gasteiger partial charge in [0.05, 0.1) is 0 Å². The first kappa shape index (κ1) is 25.9. The summed E-state index contributed by atoms with van der Waals surface area (Å²) in [5, 5.41) is 0. The molecular formula is C28H42. The normalized spacial score (nSPS) is 15.9. The fourth-order valence-electron chi connectivity index (χ4n) is 3.11. The Hall–Kier alpha value is -2.08. The van der Waals surface area contributed by atoms with Crippen LogP contribution in [0.4, 0.5) is 0 Å². The van der Waals surface area contributed by atoms with E-state index in [4.69, 9.17) is 0 Å². The molecule has 1 aliphatic carbocycles. The summed E-state index contributed by atoms with van der Waals surface area (Å²) in [5.74, 6) is 0.535. The average Bonchev–Trinajstić information content (AvgIpc) is 2.71. The van der Waals surface area contributed by atoms with Crippen LogP contribution in [-0.2, 0) is 0 Å². The van der Waals surface area contributed by atoms with Crippen molar-refractivity contribution in [1.82, 2.24) is 0 Å². The van der Waals surface area contributed by atoms with Gasteiger partial charge in [0.2, 0.25) is 0 Å². The molecule has 0 spiro atoms. The molecule has 0 radical (unpaired) electrons. The molecule has 0 saturated carbocycles. The molecule has 0 heterocycles. The summed E-state index contributed by atoms with van der Waals surface area (Å²) in [6, 6.07) is 8.54. The standard InChI is InChI=1S/C23H28.C3H8.C2H6/c1-5-7-8-12-21-16-15-18(3)17-23(21)19(4)22-14-10-9-13-20(22)11-6-2;1-3-2;1-2/h6-11,13-15,17,21H,4-5,12,16H2,1-3H3;3H2,1-2H3;1-2H3/b8-7?,11-6-;;. The molecule has 1 atom stereocenters.